The zero-order valence-corrected chi connectivity index (χ0v) is 20.7. The fourth-order valence-electron chi connectivity index (χ4n) is 5.03. The van der Waals surface area contributed by atoms with Crippen molar-refractivity contribution in [3.63, 3.8) is 0 Å². The minimum atomic E-state index is -0.744. The van der Waals surface area contributed by atoms with Crippen LogP contribution >= 0.6 is 0 Å². The first-order chi connectivity index (χ1) is 17.1. The summed E-state index contributed by atoms with van der Waals surface area (Å²) in [6.07, 6.45) is 11.1. The number of aliphatic carboxylic acids is 1. The van der Waals surface area contributed by atoms with E-state index < -0.39 is 12.0 Å². The number of likely N-dealkylation sites (tertiary alicyclic amines) is 1. The number of rotatable bonds is 9. The van der Waals surface area contributed by atoms with E-state index in [0.717, 1.165) is 106 Å². The van der Waals surface area contributed by atoms with Gasteiger partial charge in [-0.1, -0.05) is 6.07 Å². The maximum absolute atomic E-state index is 11.6. The van der Waals surface area contributed by atoms with Crippen molar-refractivity contribution >= 4 is 11.8 Å². The first-order valence-corrected chi connectivity index (χ1v) is 13.0. The number of aryl methyl sites for hydroxylation is 1. The van der Waals surface area contributed by atoms with E-state index in [1.165, 1.54) is 5.56 Å². The number of hydrogen-bond acceptors (Lipinski definition) is 7. The molecule has 3 N–H and O–H groups in total. The van der Waals surface area contributed by atoms with E-state index in [2.05, 4.69) is 20.2 Å². The molecular weight excluding hydrogens is 444 g/mol. The molecule has 0 radical (unpaired) electrons. The van der Waals surface area contributed by atoms with E-state index in [1.54, 1.807) is 13.3 Å². The molecule has 190 valence electrons. The molecule has 8 nitrogen and oxygen atoms in total. The second-order valence-corrected chi connectivity index (χ2v) is 9.59. The van der Waals surface area contributed by atoms with Crippen LogP contribution in [0, 0.1) is 0 Å². The Morgan fingerprint density at radius 1 is 1.26 bits per heavy atom. The maximum atomic E-state index is 11.6. The minimum absolute atomic E-state index is 0.250. The molecule has 3 aliphatic rings. The van der Waals surface area contributed by atoms with Crippen molar-refractivity contribution in [2.24, 2.45) is 0 Å². The van der Waals surface area contributed by atoms with Crippen molar-refractivity contribution in [1.29, 1.82) is 0 Å². The number of carboxylic acid groups (broad SMARTS) is 1. The lowest BCUT2D eigenvalue weighted by atomic mass is 10.0. The van der Waals surface area contributed by atoms with Gasteiger partial charge < -0.3 is 20.3 Å². The first-order valence-electron chi connectivity index (χ1n) is 13.0. The number of aliphatic hydroxyl groups is 1. The van der Waals surface area contributed by atoms with E-state index in [-0.39, 0.29) is 6.61 Å². The number of ether oxygens (including phenoxy) is 1. The number of nitrogens with zero attached hydrogens (tertiary/aromatic N) is 3. The summed E-state index contributed by atoms with van der Waals surface area (Å²) in [4.78, 5) is 22.7. The molecule has 2 fully saturated rings. The number of pyridine rings is 2. The third-order valence-corrected chi connectivity index (χ3v) is 6.96. The molecule has 1 saturated heterocycles. The van der Waals surface area contributed by atoms with Gasteiger partial charge >= 0.3 is 5.97 Å². The van der Waals surface area contributed by atoms with Gasteiger partial charge in [-0.15, -0.1) is 0 Å². The largest absolute Gasteiger partial charge is 0.496 e. The number of nitrogens with one attached hydrogen (secondary N) is 1. The molecule has 4 heterocycles. The molecule has 1 unspecified atom stereocenters. The Balaban J connectivity index is 0.000000165. The average Bonchev–Trinajstić information content (AvgIpc) is 3.59. The molecule has 0 spiro atoms. The maximum Gasteiger partial charge on any atom is 0.325 e. The lowest BCUT2D eigenvalue weighted by Gasteiger charge is -2.25. The Morgan fingerprint density at radius 2 is 2.06 bits per heavy atom. The van der Waals surface area contributed by atoms with Gasteiger partial charge in [-0.2, -0.15) is 0 Å². The van der Waals surface area contributed by atoms with Crippen LogP contribution in [0.25, 0.3) is 0 Å². The highest BCUT2D eigenvalue weighted by atomic mass is 16.5. The lowest BCUT2D eigenvalue weighted by Crippen LogP contribution is -2.32. The third kappa shape index (κ3) is 6.49. The molecule has 1 saturated carbocycles. The molecular formula is C27H38N4O4. The second-order valence-electron chi connectivity index (χ2n) is 9.59. The van der Waals surface area contributed by atoms with Crippen LogP contribution in [0.15, 0.2) is 24.4 Å². The molecule has 1 atom stereocenters. The number of fused-ring (bicyclic) bond motifs is 1. The monoisotopic (exact) mass is 482 g/mol. The number of aromatic nitrogens is 2. The summed E-state index contributed by atoms with van der Waals surface area (Å²) in [7, 11) is 1.71. The Bertz CT molecular complexity index is 972. The normalized spacial score (nSPS) is 18.1. The van der Waals surface area contributed by atoms with Gasteiger partial charge in [0.15, 0.2) is 0 Å². The number of carboxylic acids is 1. The minimum Gasteiger partial charge on any atom is -0.496 e. The summed E-state index contributed by atoms with van der Waals surface area (Å²) in [5, 5.41) is 21.7. The summed E-state index contributed by atoms with van der Waals surface area (Å²) in [5.41, 5.74) is 4.17. The van der Waals surface area contributed by atoms with Crippen LogP contribution < -0.4 is 10.1 Å². The molecule has 8 heteroatoms. The van der Waals surface area contributed by atoms with Crippen LogP contribution in [0.5, 0.6) is 5.75 Å². The molecule has 5 rings (SSSR count). The highest BCUT2D eigenvalue weighted by molar-refractivity contribution is 5.76. The van der Waals surface area contributed by atoms with Crippen molar-refractivity contribution in [2.75, 3.05) is 38.7 Å². The number of methoxy groups -OCH3 is 1. The molecule has 1 aliphatic carbocycles. The predicted molar refractivity (Wildman–Crippen MR) is 135 cm³/mol. The number of carbonyl (C=O) groups is 1. The van der Waals surface area contributed by atoms with E-state index >= 15 is 0 Å². The summed E-state index contributed by atoms with van der Waals surface area (Å²) >= 11 is 0. The molecule has 0 aromatic carbocycles. The van der Waals surface area contributed by atoms with Gasteiger partial charge in [0.25, 0.3) is 0 Å². The van der Waals surface area contributed by atoms with Crippen molar-refractivity contribution < 1.29 is 19.7 Å². The summed E-state index contributed by atoms with van der Waals surface area (Å²) < 4.78 is 5.43. The van der Waals surface area contributed by atoms with Crippen LogP contribution in [0.2, 0.25) is 0 Å². The van der Waals surface area contributed by atoms with Gasteiger partial charge in [-0.05, 0) is 76.9 Å². The van der Waals surface area contributed by atoms with Gasteiger partial charge in [0.05, 0.1) is 7.11 Å². The van der Waals surface area contributed by atoms with Crippen LogP contribution in [0.1, 0.15) is 79.4 Å². The molecule has 2 aromatic rings. The summed E-state index contributed by atoms with van der Waals surface area (Å²) in [5.74, 6) is 1.67. The third-order valence-electron chi connectivity index (χ3n) is 6.96. The van der Waals surface area contributed by atoms with Crippen molar-refractivity contribution in [3.8, 4) is 5.75 Å². The fourth-order valence-corrected chi connectivity index (χ4v) is 5.03. The van der Waals surface area contributed by atoms with Crippen LogP contribution in [-0.2, 0) is 17.6 Å². The van der Waals surface area contributed by atoms with E-state index in [4.69, 9.17) is 9.84 Å². The topological polar surface area (TPSA) is 108 Å². The van der Waals surface area contributed by atoms with Crippen molar-refractivity contribution in [1.82, 2.24) is 14.9 Å². The Hall–Kier alpha value is -2.71. The highest BCUT2D eigenvalue weighted by Gasteiger charge is 2.35. The van der Waals surface area contributed by atoms with Crippen LogP contribution in [0.4, 0.5) is 5.82 Å². The summed E-state index contributed by atoms with van der Waals surface area (Å²) in [6.45, 7) is 3.01. The zero-order chi connectivity index (χ0) is 24.6. The fraction of sp³-hybridized carbons (Fsp3) is 0.593. The zero-order valence-electron chi connectivity index (χ0n) is 20.7. The quantitative estimate of drug-likeness (QED) is 0.461. The Labute approximate surface area is 207 Å². The number of unbranched alkanes of at least 4 members (excludes halogenated alkanes) is 1. The number of anilines is 1. The number of aliphatic hydroxyl groups excluding tert-OH is 1. The number of hydrogen-bond donors (Lipinski definition) is 3. The first kappa shape index (κ1) is 25.4. The van der Waals surface area contributed by atoms with Gasteiger partial charge in [-0.25, -0.2) is 4.98 Å². The average molecular weight is 483 g/mol. The predicted octanol–water partition coefficient (Wildman–Crippen LogP) is 3.94. The molecule has 35 heavy (non-hydrogen) atoms. The van der Waals surface area contributed by atoms with E-state index in [1.807, 2.05) is 18.2 Å². The van der Waals surface area contributed by atoms with Gasteiger partial charge in [0, 0.05) is 53.8 Å². The standard InChI is InChI=1S/C14H18N2O2.C13H20N2O2/c17-14(18)13(16-8-1-2-9-16)11-4-3-7-15-12(11)10-5-6-10;1-17-12-9-10(5-2-3-8-16)15-13-11(12)6-4-7-14-13/h3-4,7,10,13H,1-2,5-6,8-9H2,(H,17,18);9,16H,2-8H2,1H3,(H,14,15). The Morgan fingerprint density at radius 3 is 2.74 bits per heavy atom. The molecule has 0 amide bonds. The van der Waals surface area contributed by atoms with Gasteiger partial charge in [0.2, 0.25) is 0 Å². The highest BCUT2D eigenvalue weighted by Crippen LogP contribution is 2.43. The summed E-state index contributed by atoms with van der Waals surface area (Å²) in [6, 6.07) is 5.32. The Kier molecular flexibility index (Phi) is 8.93. The van der Waals surface area contributed by atoms with Crippen LogP contribution in [0.3, 0.4) is 0 Å². The van der Waals surface area contributed by atoms with Crippen LogP contribution in [-0.4, -0.2) is 64.4 Å². The lowest BCUT2D eigenvalue weighted by molar-refractivity contribution is -0.143. The molecule has 0 bridgehead atoms. The second kappa shape index (κ2) is 12.3. The van der Waals surface area contributed by atoms with E-state index in [0.29, 0.717) is 5.92 Å². The SMILES string of the molecule is COc1cc(CCCCO)nc2c1CCCN2.O=C(O)C(c1cccnc1C1CC1)N1CCCC1. The van der Waals surface area contributed by atoms with Gasteiger partial charge in [-0.3, -0.25) is 14.7 Å². The van der Waals surface area contributed by atoms with Crippen molar-refractivity contribution in [2.45, 2.75) is 69.7 Å². The van der Waals surface area contributed by atoms with Crippen molar-refractivity contribution in [3.05, 3.63) is 46.9 Å². The van der Waals surface area contributed by atoms with Gasteiger partial charge in [0.1, 0.15) is 17.6 Å². The molecule has 2 aliphatic heterocycles. The smallest absolute Gasteiger partial charge is 0.325 e. The molecule has 2 aromatic heterocycles. The van der Waals surface area contributed by atoms with E-state index in [9.17, 15) is 9.90 Å².